The number of methoxy groups -OCH3 is 1. The van der Waals surface area contributed by atoms with Gasteiger partial charge in [0.2, 0.25) is 0 Å². The summed E-state index contributed by atoms with van der Waals surface area (Å²) in [5.41, 5.74) is 2.54. The fourth-order valence-electron chi connectivity index (χ4n) is 3.56. The van der Waals surface area contributed by atoms with Gasteiger partial charge in [-0.3, -0.25) is 9.59 Å². The van der Waals surface area contributed by atoms with Gasteiger partial charge in [0.25, 0.3) is 11.7 Å². The summed E-state index contributed by atoms with van der Waals surface area (Å²) in [6.45, 7) is 6.94. The van der Waals surface area contributed by atoms with Gasteiger partial charge in [-0.2, -0.15) is 0 Å². The summed E-state index contributed by atoms with van der Waals surface area (Å²) in [4.78, 5) is 27.1. The van der Waals surface area contributed by atoms with Crippen LogP contribution in [-0.4, -0.2) is 42.0 Å². The van der Waals surface area contributed by atoms with Crippen LogP contribution in [0.3, 0.4) is 0 Å². The quantitative estimate of drug-likeness (QED) is 0.473. The molecule has 5 nitrogen and oxygen atoms in total. The molecule has 1 aliphatic heterocycles. The van der Waals surface area contributed by atoms with E-state index in [1.165, 1.54) is 4.90 Å². The molecule has 1 amide bonds. The molecule has 0 radical (unpaired) electrons. The van der Waals surface area contributed by atoms with Gasteiger partial charge in [0.1, 0.15) is 5.76 Å². The lowest BCUT2D eigenvalue weighted by molar-refractivity contribution is -0.140. The van der Waals surface area contributed by atoms with Crippen LogP contribution < -0.4 is 0 Å². The molecule has 2 aromatic carbocycles. The molecule has 2 aromatic rings. The molecule has 1 N–H and O–H groups in total. The highest BCUT2D eigenvalue weighted by Gasteiger charge is 2.45. The summed E-state index contributed by atoms with van der Waals surface area (Å²) in [6.07, 6.45) is 0. The highest BCUT2D eigenvalue weighted by atomic mass is 16.5. The number of nitrogens with zero attached hydrogens (tertiary/aromatic N) is 1. The van der Waals surface area contributed by atoms with Crippen molar-refractivity contribution in [2.75, 3.05) is 20.3 Å². The molecule has 1 saturated heterocycles. The number of hydrogen-bond acceptors (Lipinski definition) is 4. The minimum Gasteiger partial charge on any atom is -0.507 e. The molecule has 1 heterocycles. The van der Waals surface area contributed by atoms with Gasteiger partial charge in [-0.1, -0.05) is 75.4 Å². The van der Waals surface area contributed by atoms with Crippen LogP contribution in [0, 0.1) is 0 Å². The zero-order chi connectivity index (χ0) is 21.2. The Labute approximate surface area is 171 Å². The van der Waals surface area contributed by atoms with Gasteiger partial charge in [0.05, 0.1) is 18.2 Å². The van der Waals surface area contributed by atoms with Gasteiger partial charge in [-0.15, -0.1) is 0 Å². The highest BCUT2D eigenvalue weighted by molar-refractivity contribution is 6.46. The third-order valence-electron chi connectivity index (χ3n) is 5.22. The van der Waals surface area contributed by atoms with E-state index in [0.29, 0.717) is 12.2 Å². The maximum Gasteiger partial charge on any atom is 0.295 e. The van der Waals surface area contributed by atoms with E-state index in [4.69, 9.17) is 4.74 Å². The SMILES string of the molecule is COCCN1C(=O)C(=O)C(=C(O)c2ccccc2)[C@@H]1c1ccc(C(C)(C)C)cc1. The van der Waals surface area contributed by atoms with Crippen molar-refractivity contribution in [2.24, 2.45) is 0 Å². The number of carbonyl (C=O) groups excluding carboxylic acids is 2. The molecule has 0 saturated carbocycles. The van der Waals surface area contributed by atoms with Gasteiger partial charge < -0.3 is 14.7 Å². The van der Waals surface area contributed by atoms with E-state index < -0.39 is 17.7 Å². The maximum absolute atomic E-state index is 12.9. The molecule has 1 atom stereocenters. The predicted octanol–water partition coefficient (Wildman–Crippen LogP) is 4.05. The molecule has 0 aliphatic carbocycles. The van der Waals surface area contributed by atoms with Gasteiger partial charge in [-0.05, 0) is 16.5 Å². The first-order valence-electron chi connectivity index (χ1n) is 9.69. The average molecular weight is 393 g/mol. The third kappa shape index (κ3) is 4.10. The molecule has 152 valence electrons. The van der Waals surface area contributed by atoms with Crippen molar-refractivity contribution < 1.29 is 19.4 Å². The second-order valence-electron chi connectivity index (χ2n) is 8.22. The van der Waals surface area contributed by atoms with E-state index >= 15 is 0 Å². The van der Waals surface area contributed by atoms with Crippen LogP contribution in [0.25, 0.3) is 5.76 Å². The first kappa shape index (κ1) is 20.8. The fourth-order valence-corrected chi connectivity index (χ4v) is 3.56. The average Bonchev–Trinajstić information content (AvgIpc) is 2.96. The Morgan fingerprint density at radius 1 is 1.03 bits per heavy atom. The van der Waals surface area contributed by atoms with Crippen molar-refractivity contribution >= 4 is 17.4 Å². The Hall–Kier alpha value is -2.92. The van der Waals surface area contributed by atoms with E-state index in [1.54, 1.807) is 31.4 Å². The van der Waals surface area contributed by atoms with Crippen LogP contribution in [0.2, 0.25) is 0 Å². The lowest BCUT2D eigenvalue weighted by Gasteiger charge is -2.26. The second kappa shape index (κ2) is 8.21. The summed E-state index contributed by atoms with van der Waals surface area (Å²) >= 11 is 0. The van der Waals surface area contributed by atoms with Gasteiger partial charge in [-0.25, -0.2) is 0 Å². The predicted molar refractivity (Wildman–Crippen MR) is 112 cm³/mol. The monoisotopic (exact) mass is 393 g/mol. The summed E-state index contributed by atoms with van der Waals surface area (Å²) < 4.78 is 5.13. The number of ketones is 1. The van der Waals surface area contributed by atoms with Crippen molar-refractivity contribution in [3.05, 3.63) is 76.9 Å². The Bertz CT molecular complexity index is 924. The first-order chi connectivity index (χ1) is 13.8. The zero-order valence-corrected chi connectivity index (χ0v) is 17.3. The summed E-state index contributed by atoms with van der Waals surface area (Å²) in [5, 5.41) is 10.9. The fraction of sp³-hybridized carbons (Fsp3) is 0.333. The van der Waals surface area contributed by atoms with E-state index in [1.807, 2.05) is 30.3 Å². The highest BCUT2D eigenvalue weighted by Crippen LogP contribution is 2.39. The number of likely N-dealkylation sites (tertiary alicyclic amines) is 1. The smallest absolute Gasteiger partial charge is 0.295 e. The molecule has 0 spiro atoms. The van der Waals surface area contributed by atoms with E-state index in [-0.39, 0.29) is 23.3 Å². The number of aliphatic hydroxyl groups excluding tert-OH is 1. The Kier molecular flexibility index (Phi) is 5.89. The van der Waals surface area contributed by atoms with Crippen molar-refractivity contribution in [3.8, 4) is 0 Å². The number of aliphatic hydroxyl groups is 1. The maximum atomic E-state index is 12.9. The molecular weight excluding hydrogens is 366 g/mol. The normalized spacial score (nSPS) is 19.0. The Balaban J connectivity index is 2.13. The molecule has 0 aromatic heterocycles. The van der Waals surface area contributed by atoms with Gasteiger partial charge >= 0.3 is 0 Å². The van der Waals surface area contributed by atoms with Crippen molar-refractivity contribution in [1.29, 1.82) is 0 Å². The topological polar surface area (TPSA) is 66.8 Å². The lowest BCUT2D eigenvalue weighted by atomic mass is 9.85. The number of Topliss-reactive ketones (excluding diaryl/α,β-unsaturated/α-hetero) is 1. The van der Waals surface area contributed by atoms with Crippen LogP contribution in [0.5, 0.6) is 0 Å². The third-order valence-corrected chi connectivity index (χ3v) is 5.22. The van der Waals surface area contributed by atoms with Crippen LogP contribution in [0.15, 0.2) is 60.2 Å². The molecule has 0 bridgehead atoms. The number of hydrogen-bond donors (Lipinski definition) is 1. The molecule has 1 aliphatic rings. The second-order valence-corrected chi connectivity index (χ2v) is 8.22. The number of carbonyl (C=O) groups is 2. The van der Waals surface area contributed by atoms with Crippen LogP contribution in [-0.2, 0) is 19.7 Å². The molecule has 3 rings (SSSR count). The minimum absolute atomic E-state index is 0.0135. The Morgan fingerprint density at radius 2 is 1.66 bits per heavy atom. The number of benzene rings is 2. The van der Waals surface area contributed by atoms with Gasteiger partial charge in [0.15, 0.2) is 0 Å². The lowest BCUT2D eigenvalue weighted by Crippen LogP contribution is -2.32. The van der Waals surface area contributed by atoms with Crippen LogP contribution in [0.1, 0.15) is 43.5 Å². The van der Waals surface area contributed by atoms with Gasteiger partial charge in [0, 0.05) is 19.2 Å². The number of amides is 1. The summed E-state index contributed by atoms with van der Waals surface area (Å²) in [6, 6.07) is 16.0. The summed E-state index contributed by atoms with van der Waals surface area (Å²) in [7, 11) is 1.55. The van der Waals surface area contributed by atoms with Crippen molar-refractivity contribution in [3.63, 3.8) is 0 Å². The molecule has 29 heavy (non-hydrogen) atoms. The van der Waals surface area contributed by atoms with E-state index in [9.17, 15) is 14.7 Å². The zero-order valence-electron chi connectivity index (χ0n) is 17.3. The van der Waals surface area contributed by atoms with E-state index in [0.717, 1.165) is 11.1 Å². The molecule has 5 heteroatoms. The molecule has 1 fully saturated rings. The van der Waals surface area contributed by atoms with Crippen molar-refractivity contribution in [1.82, 2.24) is 4.90 Å². The number of ether oxygens (including phenoxy) is 1. The van der Waals surface area contributed by atoms with E-state index in [2.05, 4.69) is 20.8 Å². The minimum atomic E-state index is -0.674. The standard InChI is InChI=1S/C24H27NO4/c1-24(2,3)18-12-10-16(11-13-18)20-19(21(26)17-8-6-5-7-9-17)22(27)23(28)25(20)14-15-29-4/h5-13,20,26H,14-15H2,1-4H3/t20-/m0/s1. The summed E-state index contributed by atoms with van der Waals surface area (Å²) in [5.74, 6) is -1.45. The largest absolute Gasteiger partial charge is 0.507 e. The van der Waals surface area contributed by atoms with Crippen LogP contribution >= 0.6 is 0 Å². The van der Waals surface area contributed by atoms with Crippen LogP contribution in [0.4, 0.5) is 0 Å². The molecular formula is C24H27NO4. The Morgan fingerprint density at radius 3 is 2.21 bits per heavy atom. The first-order valence-corrected chi connectivity index (χ1v) is 9.69. The molecule has 0 unspecified atom stereocenters. The van der Waals surface area contributed by atoms with Crippen molar-refractivity contribution in [2.45, 2.75) is 32.2 Å². The number of rotatable bonds is 5.